The summed E-state index contributed by atoms with van der Waals surface area (Å²) in [6, 6.07) is 6.45. The second-order valence-electron chi connectivity index (χ2n) is 6.87. The molecule has 0 bridgehead atoms. The van der Waals surface area contributed by atoms with Gasteiger partial charge in [-0.15, -0.1) is 0 Å². The minimum atomic E-state index is -0.310. The van der Waals surface area contributed by atoms with Crippen molar-refractivity contribution in [3.63, 3.8) is 0 Å². The van der Waals surface area contributed by atoms with Gasteiger partial charge >= 0.3 is 0 Å². The maximum absolute atomic E-state index is 13.2. The molecular formula is C19H25FN4O. The monoisotopic (exact) mass is 344 g/mol. The zero-order chi connectivity index (χ0) is 17.8. The van der Waals surface area contributed by atoms with Crippen LogP contribution in [0.1, 0.15) is 30.1 Å². The topological polar surface area (TPSA) is 50.2 Å². The van der Waals surface area contributed by atoms with Crippen molar-refractivity contribution in [1.82, 2.24) is 19.8 Å². The molecule has 1 N–H and O–H groups in total. The van der Waals surface area contributed by atoms with Crippen molar-refractivity contribution < 1.29 is 9.18 Å². The third-order valence-electron chi connectivity index (χ3n) is 4.98. The molecule has 134 valence electrons. The van der Waals surface area contributed by atoms with Crippen LogP contribution in [0, 0.1) is 11.7 Å². The van der Waals surface area contributed by atoms with Crippen molar-refractivity contribution in [2.75, 3.05) is 20.1 Å². The number of carbonyl (C=O) groups is 1. The number of benzene rings is 1. The maximum atomic E-state index is 13.2. The zero-order valence-electron chi connectivity index (χ0n) is 14.8. The number of nitrogens with zero attached hydrogens (tertiary/aromatic N) is 3. The van der Waals surface area contributed by atoms with Crippen molar-refractivity contribution in [3.05, 3.63) is 53.9 Å². The second kappa shape index (κ2) is 7.78. The lowest BCUT2D eigenvalue weighted by Gasteiger charge is -2.39. The van der Waals surface area contributed by atoms with E-state index in [-0.39, 0.29) is 24.2 Å². The van der Waals surface area contributed by atoms with Crippen LogP contribution in [0.3, 0.4) is 0 Å². The summed E-state index contributed by atoms with van der Waals surface area (Å²) in [7, 11) is 4.13. The van der Waals surface area contributed by atoms with Gasteiger partial charge < -0.3 is 9.88 Å². The lowest BCUT2D eigenvalue weighted by molar-refractivity contribution is -0.120. The van der Waals surface area contributed by atoms with Gasteiger partial charge in [-0.2, -0.15) is 0 Å². The van der Waals surface area contributed by atoms with Crippen LogP contribution >= 0.6 is 0 Å². The molecule has 2 heterocycles. The van der Waals surface area contributed by atoms with E-state index in [1.54, 1.807) is 12.1 Å². The van der Waals surface area contributed by atoms with Crippen molar-refractivity contribution in [2.24, 2.45) is 13.0 Å². The van der Waals surface area contributed by atoms with E-state index in [2.05, 4.69) is 22.2 Å². The van der Waals surface area contributed by atoms with E-state index in [9.17, 15) is 9.18 Å². The zero-order valence-corrected chi connectivity index (χ0v) is 14.8. The standard InChI is InChI=1S/C19H25FN4O/c1-23-8-4-6-15(19(23)17-12-21-13-24(17)2)11-22-18(25)10-14-5-3-7-16(20)9-14/h3,5,7,9,12-13,15,19H,4,6,8,10-11H2,1-2H3,(H,22,25)/t15-,19+/m0/s1. The number of piperidine rings is 1. The highest BCUT2D eigenvalue weighted by atomic mass is 19.1. The number of nitrogens with one attached hydrogen (secondary N) is 1. The van der Waals surface area contributed by atoms with Gasteiger partial charge in [-0.25, -0.2) is 9.37 Å². The number of halogens is 1. The van der Waals surface area contributed by atoms with Gasteiger partial charge in [0.1, 0.15) is 5.82 Å². The molecule has 1 aliphatic heterocycles. The van der Waals surface area contributed by atoms with Crippen LogP contribution in [-0.4, -0.2) is 40.5 Å². The summed E-state index contributed by atoms with van der Waals surface area (Å²) in [5.74, 6) is -0.0383. The first-order valence-electron chi connectivity index (χ1n) is 8.72. The molecule has 1 fully saturated rings. The number of amides is 1. The Balaban J connectivity index is 1.62. The van der Waals surface area contributed by atoms with Gasteiger partial charge in [0.25, 0.3) is 0 Å². The van der Waals surface area contributed by atoms with Crippen molar-refractivity contribution >= 4 is 5.91 Å². The highest BCUT2D eigenvalue weighted by Crippen LogP contribution is 2.34. The first-order valence-corrected chi connectivity index (χ1v) is 8.72. The molecule has 0 saturated carbocycles. The predicted octanol–water partition coefficient (Wildman–Crippen LogP) is 2.30. The van der Waals surface area contributed by atoms with E-state index < -0.39 is 0 Å². The quantitative estimate of drug-likeness (QED) is 0.905. The molecule has 5 nitrogen and oxygen atoms in total. The van der Waals surface area contributed by atoms with Gasteiger partial charge in [-0.05, 0) is 50.0 Å². The van der Waals surface area contributed by atoms with E-state index in [0.717, 1.165) is 19.4 Å². The van der Waals surface area contributed by atoms with Gasteiger partial charge in [0.05, 0.1) is 24.5 Å². The van der Waals surface area contributed by atoms with E-state index in [0.29, 0.717) is 18.0 Å². The molecule has 0 unspecified atom stereocenters. The van der Waals surface area contributed by atoms with Crippen LogP contribution in [0.2, 0.25) is 0 Å². The van der Waals surface area contributed by atoms with Crippen LogP contribution in [0.25, 0.3) is 0 Å². The highest BCUT2D eigenvalue weighted by Gasteiger charge is 2.32. The Kier molecular flexibility index (Phi) is 5.48. The van der Waals surface area contributed by atoms with Crippen LogP contribution < -0.4 is 5.32 Å². The molecule has 2 atom stereocenters. The van der Waals surface area contributed by atoms with E-state index in [4.69, 9.17) is 0 Å². The van der Waals surface area contributed by atoms with E-state index in [1.807, 2.05) is 24.1 Å². The molecule has 1 saturated heterocycles. The number of imidazole rings is 1. The predicted molar refractivity (Wildman–Crippen MR) is 94.4 cm³/mol. The highest BCUT2D eigenvalue weighted by molar-refractivity contribution is 5.78. The van der Waals surface area contributed by atoms with E-state index in [1.165, 1.54) is 17.8 Å². The van der Waals surface area contributed by atoms with Crippen molar-refractivity contribution in [1.29, 1.82) is 0 Å². The summed E-state index contributed by atoms with van der Waals surface area (Å²) in [6.07, 6.45) is 6.12. The fourth-order valence-corrected chi connectivity index (χ4v) is 3.73. The Hall–Kier alpha value is -2.21. The molecule has 0 radical (unpaired) electrons. The first kappa shape index (κ1) is 17.6. The lowest BCUT2D eigenvalue weighted by Crippen LogP contribution is -2.42. The Labute approximate surface area is 147 Å². The molecule has 2 aromatic rings. The number of hydrogen-bond donors (Lipinski definition) is 1. The minimum Gasteiger partial charge on any atom is -0.355 e. The SMILES string of the molecule is CN1CCC[C@@H](CNC(=O)Cc2cccc(F)c2)[C@@H]1c1cncn1C. The number of hydrogen-bond acceptors (Lipinski definition) is 3. The summed E-state index contributed by atoms with van der Waals surface area (Å²) in [5.41, 5.74) is 1.87. The first-order chi connectivity index (χ1) is 12.0. The average Bonchev–Trinajstić information content (AvgIpc) is 2.98. The number of aromatic nitrogens is 2. The molecule has 0 spiro atoms. The molecular weight excluding hydrogens is 319 g/mol. The minimum absolute atomic E-state index is 0.0671. The third kappa shape index (κ3) is 4.25. The molecule has 1 aromatic carbocycles. The van der Waals surface area contributed by atoms with Gasteiger partial charge in [-0.3, -0.25) is 9.69 Å². The Bertz CT molecular complexity index is 730. The normalized spacial score (nSPS) is 21.2. The number of carbonyl (C=O) groups excluding carboxylic acids is 1. The fourth-order valence-electron chi connectivity index (χ4n) is 3.73. The largest absolute Gasteiger partial charge is 0.355 e. The summed E-state index contributed by atoms with van der Waals surface area (Å²) in [4.78, 5) is 18.8. The molecule has 1 aliphatic rings. The van der Waals surface area contributed by atoms with Crippen LogP contribution in [0.5, 0.6) is 0 Å². The summed E-state index contributed by atoms with van der Waals surface area (Å²) >= 11 is 0. The van der Waals surface area contributed by atoms with Gasteiger partial charge in [0.15, 0.2) is 0 Å². The number of likely N-dealkylation sites (tertiary alicyclic amines) is 1. The van der Waals surface area contributed by atoms with Gasteiger partial charge in [-0.1, -0.05) is 12.1 Å². The van der Waals surface area contributed by atoms with Crippen LogP contribution in [0.15, 0.2) is 36.8 Å². The molecule has 0 aliphatic carbocycles. The molecule has 1 amide bonds. The van der Waals surface area contributed by atoms with Crippen molar-refractivity contribution in [2.45, 2.75) is 25.3 Å². The van der Waals surface area contributed by atoms with Crippen molar-refractivity contribution in [3.8, 4) is 0 Å². The molecule has 25 heavy (non-hydrogen) atoms. The summed E-state index contributed by atoms with van der Waals surface area (Å²) in [6.45, 7) is 1.66. The lowest BCUT2D eigenvalue weighted by atomic mass is 9.87. The average molecular weight is 344 g/mol. The summed E-state index contributed by atoms with van der Waals surface area (Å²) < 4.78 is 15.3. The Morgan fingerprint density at radius 3 is 2.96 bits per heavy atom. The van der Waals surface area contributed by atoms with Gasteiger partial charge in [0.2, 0.25) is 5.91 Å². The van der Waals surface area contributed by atoms with Gasteiger partial charge in [0, 0.05) is 19.8 Å². The van der Waals surface area contributed by atoms with Crippen LogP contribution in [-0.2, 0) is 18.3 Å². The summed E-state index contributed by atoms with van der Waals surface area (Å²) in [5, 5.41) is 3.03. The Morgan fingerprint density at radius 1 is 1.40 bits per heavy atom. The molecule has 3 rings (SSSR count). The van der Waals surface area contributed by atoms with E-state index >= 15 is 0 Å². The second-order valence-corrected chi connectivity index (χ2v) is 6.87. The molecule has 6 heteroatoms. The fraction of sp³-hybridized carbons (Fsp3) is 0.474. The number of rotatable bonds is 5. The third-order valence-corrected chi connectivity index (χ3v) is 4.98. The Morgan fingerprint density at radius 2 is 2.24 bits per heavy atom. The smallest absolute Gasteiger partial charge is 0.224 e. The number of aryl methyl sites for hydroxylation is 1. The molecule has 1 aromatic heterocycles. The van der Waals surface area contributed by atoms with Crippen LogP contribution in [0.4, 0.5) is 4.39 Å². The maximum Gasteiger partial charge on any atom is 0.224 e.